The fourth-order valence-electron chi connectivity index (χ4n) is 1.68. The summed E-state index contributed by atoms with van der Waals surface area (Å²) in [7, 11) is 1.87. The largest absolute Gasteiger partial charge is 0.373 e. The Morgan fingerprint density at radius 2 is 2.10 bits per heavy atom. The molecule has 6 nitrogen and oxygen atoms in total. The number of thiazole rings is 1. The first-order valence-electron chi connectivity index (χ1n) is 5.89. The summed E-state index contributed by atoms with van der Waals surface area (Å²) in [5.74, 6) is -0.0480. The highest BCUT2D eigenvalue weighted by Crippen LogP contribution is 2.23. The van der Waals surface area contributed by atoms with E-state index in [1.54, 1.807) is 11.3 Å². The van der Waals surface area contributed by atoms with Crippen LogP contribution in [0.4, 0.5) is 0 Å². The summed E-state index contributed by atoms with van der Waals surface area (Å²) in [5.41, 5.74) is 2.57. The topological polar surface area (TPSA) is 81.1 Å². The van der Waals surface area contributed by atoms with Gasteiger partial charge in [0.05, 0.1) is 10.7 Å². The van der Waals surface area contributed by atoms with Crippen LogP contribution in [-0.4, -0.2) is 28.2 Å². The van der Waals surface area contributed by atoms with E-state index in [0.717, 1.165) is 16.3 Å². The van der Waals surface area contributed by atoms with E-state index in [0.29, 0.717) is 12.2 Å². The Morgan fingerprint density at radius 3 is 2.57 bits per heavy atom. The van der Waals surface area contributed by atoms with E-state index >= 15 is 0 Å². The lowest BCUT2D eigenvalue weighted by Gasteiger charge is -2.01. The maximum Gasteiger partial charge on any atom is 0.373 e. The molecule has 0 saturated carbocycles. The monoisotopic (exact) mass is 327 g/mol. The van der Waals surface area contributed by atoms with Crippen molar-refractivity contribution in [1.82, 2.24) is 14.9 Å². The molecule has 0 fully saturated rings. The van der Waals surface area contributed by atoms with Gasteiger partial charge in [-0.2, -0.15) is 23.1 Å². The van der Waals surface area contributed by atoms with Crippen LogP contribution >= 0.6 is 24.8 Å². The molecule has 0 bridgehead atoms. The van der Waals surface area contributed by atoms with Crippen molar-refractivity contribution in [2.75, 3.05) is 6.54 Å². The van der Waals surface area contributed by atoms with Crippen molar-refractivity contribution in [3.63, 3.8) is 0 Å². The van der Waals surface area contributed by atoms with Crippen molar-refractivity contribution < 1.29 is 14.4 Å². The van der Waals surface area contributed by atoms with Crippen LogP contribution < -0.4 is 5.32 Å². The molecule has 1 N–H and O–H groups in total. The molecule has 2 aromatic heterocycles. The molecule has 0 atom stereocenters. The number of hydrogen-bond donors (Lipinski definition) is 1. The van der Waals surface area contributed by atoms with E-state index in [1.165, 1.54) is 0 Å². The van der Waals surface area contributed by atoms with Gasteiger partial charge < -0.3 is 9.88 Å². The van der Waals surface area contributed by atoms with Gasteiger partial charge in [0, 0.05) is 30.7 Å². The van der Waals surface area contributed by atoms with E-state index in [-0.39, 0.29) is 25.6 Å². The van der Waals surface area contributed by atoms with Crippen LogP contribution in [0, 0.1) is 6.92 Å². The Kier molecular flexibility index (Phi) is 8.30. The number of carbonyl (C=O) groups excluding carboxylic acids is 3. The minimum absolute atomic E-state index is 0. The molecule has 2 aromatic rings. The maximum absolute atomic E-state index is 11.8. The highest BCUT2D eigenvalue weighted by atomic mass is 32.1. The van der Waals surface area contributed by atoms with Crippen LogP contribution in [0.5, 0.6) is 0 Å². The van der Waals surface area contributed by atoms with Crippen LogP contribution in [-0.2, 0) is 16.6 Å². The van der Waals surface area contributed by atoms with Crippen molar-refractivity contribution >= 4 is 36.9 Å². The Bertz CT molecular complexity index is 628. The van der Waals surface area contributed by atoms with Crippen LogP contribution in [0.15, 0.2) is 17.6 Å². The minimum atomic E-state index is -0.0480. The molecule has 0 aliphatic heterocycles. The van der Waals surface area contributed by atoms with Crippen molar-refractivity contribution in [1.29, 1.82) is 0 Å². The molecule has 0 unspecified atom stereocenters. The lowest BCUT2D eigenvalue weighted by Crippen LogP contribution is -2.24. The van der Waals surface area contributed by atoms with Gasteiger partial charge in [0.25, 0.3) is 5.91 Å². The summed E-state index contributed by atoms with van der Waals surface area (Å²) < 4.78 is 1.83. The van der Waals surface area contributed by atoms with Gasteiger partial charge in [0.15, 0.2) is 0 Å². The quantitative estimate of drug-likeness (QED) is 0.931. The van der Waals surface area contributed by atoms with Gasteiger partial charge in [-0.25, -0.2) is 4.98 Å². The smallest absolute Gasteiger partial charge is 0.351 e. The van der Waals surface area contributed by atoms with Crippen LogP contribution in [0.25, 0.3) is 11.3 Å². The molecule has 0 aliphatic rings. The van der Waals surface area contributed by atoms with Crippen LogP contribution in [0.2, 0.25) is 0 Å². The first kappa shape index (κ1) is 19.1. The molecule has 0 aromatic carbocycles. The number of nitrogens with zero attached hydrogens (tertiary/aromatic N) is 2. The number of rotatable bonds is 3. The number of aryl methyl sites for hydroxylation is 2. The molecule has 0 saturated heterocycles. The number of nitrogens with one attached hydrogen (secondary N) is 1. The van der Waals surface area contributed by atoms with Gasteiger partial charge in [-0.15, -0.1) is 11.3 Å². The van der Waals surface area contributed by atoms with Crippen molar-refractivity contribution in [2.24, 2.45) is 7.05 Å². The molecule has 0 aliphatic carbocycles. The standard InChI is InChI=1S/C12H15N3OS.CO2.H2S/c1-4-13-12(16)11-5-9(6-15(11)3)10-7-17-8(2)14-10;2-1-3;/h5-7H,4H2,1-3H3,(H,13,16);;1H2. The van der Waals surface area contributed by atoms with Crippen molar-refractivity contribution in [2.45, 2.75) is 13.8 Å². The Labute approximate surface area is 133 Å². The van der Waals surface area contributed by atoms with Crippen LogP contribution in [0.3, 0.4) is 0 Å². The van der Waals surface area contributed by atoms with E-state index < -0.39 is 0 Å². The highest BCUT2D eigenvalue weighted by molar-refractivity contribution is 7.59. The Morgan fingerprint density at radius 1 is 1.48 bits per heavy atom. The molecular formula is C13H17N3O3S2. The third kappa shape index (κ3) is 5.18. The summed E-state index contributed by atoms with van der Waals surface area (Å²) in [4.78, 5) is 32.4. The average molecular weight is 327 g/mol. The second kappa shape index (κ2) is 9.12. The lowest BCUT2D eigenvalue weighted by molar-refractivity contribution is -0.191. The fraction of sp³-hybridized carbons (Fsp3) is 0.308. The second-order valence-corrected chi connectivity index (χ2v) is 4.98. The van der Waals surface area contributed by atoms with E-state index in [4.69, 9.17) is 9.59 Å². The zero-order chi connectivity index (χ0) is 15.1. The molecule has 8 heteroatoms. The molecular weight excluding hydrogens is 310 g/mol. The lowest BCUT2D eigenvalue weighted by atomic mass is 10.2. The Balaban J connectivity index is 0.000000922. The predicted octanol–water partition coefficient (Wildman–Crippen LogP) is 1.74. The number of hydrogen-bond acceptors (Lipinski definition) is 5. The van der Waals surface area contributed by atoms with Crippen LogP contribution in [0.1, 0.15) is 22.4 Å². The third-order valence-corrected chi connectivity index (χ3v) is 3.26. The highest BCUT2D eigenvalue weighted by Gasteiger charge is 2.12. The second-order valence-electron chi connectivity index (χ2n) is 3.92. The van der Waals surface area contributed by atoms with Crippen molar-refractivity contribution in [3.8, 4) is 11.3 Å². The summed E-state index contributed by atoms with van der Waals surface area (Å²) in [6.07, 6.45) is 2.18. The zero-order valence-corrected chi connectivity index (χ0v) is 13.8. The molecule has 21 heavy (non-hydrogen) atoms. The predicted molar refractivity (Wildman–Crippen MR) is 84.7 cm³/mol. The molecule has 2 rings (SSSR count). The van der Waals surface area contributed by atoms with Gasteiger partial charge in [-0.1, -0.05) is 0 Å². The summed E-state index contributed by atoms with van der Waals surface area (Å²) >= 11 is 1.61. The average Bonchev–Trinajstić information content (AvgIpc) is 2.97. The zero-order valence-electron chi connectivity index (χ0n) is 12.0. The van der Waals surface area contributed by atoms with Crippen molar-refractivity contribution in [3.05, 3.63) is 28.3 Å². The third-order valence-electron chi connectivity index (χ3n) is 2.49. The van der Waals surface area contributed by atoms with Gasteiger partial charge in [-0.3, -0.25) is 4.79 Å². The number of carbonyl (C=O) groups is 1. The molecule has 1 amide bonds. The van der Waals surface area contributed by atoms with E-state index in [9.17, 15) is 4.79 Å². The molecule has 114 valence electrons. The minimum Gasteiger partial charge on any atom is -0.351 e. The van der Waals surface area contributed by atoms with Gasteiger partial charge >= 0.3 is 6.15 Å². The maximum atomic E-state index is 11.8. The van der Waals surface area contributed by atoms with E-state index in [2.05, 4.69) is 10.3 Å². The molecule has 0 spiro atoms. The molecule has 2 heterocycles. The van der Waals surface area contributed by atoms with Gasteiger partial charge in [-0.05, 0) is 19.9 Å². The van der Waals surface area contributed by atoms with Gasteiger partial charge in [0.1, 0.15) is 5.69 Å². The summed E-state index contributed by atoms with van der Waals surface area (Å²) in [6, 6.07) is 1.87. The SMILES string of the molecule is CCNC(=O)c1cc(-c2csc(C)n2)cn1C.O=C=O.S. The van der Waals surface area contributed by atoms with E-state index in [1.807, 2.05) is 43.1 Å². The molecule has 0 radical (unpaired) electrons. The first-order chi connectivity index (χ1) is 9.53. The number of amides is 1. The Hall–Kier alpha value is -1.89. The first-order valence-corrected chi connectivity index (χ1v) is 6.77. The summed E-state index contributed by atoms with van der Waals surface area (Å²) in [6.45, 7) is 4.52. The normalized spacial score (nSPS) is 8.90. The fourth-order valence-corrected chi connectivity index (χ4v) is 2.30. The van der Waals surface area contributed by atoms with Gasteiger partial charge in [0.2, 0.25) is 0 Å². The summed E-state index contributed by atoms with van der Waals surface area (Å²) in [5, 5.41) is 5.83. The number of aromatic nitrogens is 2.